The number of fused-ring (bicyclic) bond motifs is 2. The molecular formula is C27H23ClN6O3S. The molecule has 38 heavy (non-hydrogen) atoms. The van der Waals surface area contributed by atoms with Crippen molar-refractivity contribution in [2.24, 2.45) is 0 Å². The molecule has 1 aliphatic rings. The number of likely N-dealkylation sites (tertiary alicyclic amines) is 1. The minimum Gasteiger partial charge on any atom is -0.496 e. The van der Waals surface area contributed by atoms with E-state index in [1.165, 1.54) is 11.3 Å². The van der Waals surface area contributed by atoms with Crippen molar-refractivity contribution in [1.82, 2.24) is 25.1 Å². The number of pyridine rings is 1. The normalized spacial score (nSPS) is 14.2. The molecule has 0 aliphatic carbocycles. The summed E-state index contributed by atoms with van der Waals surface area (Å²) in [4.78, 5) is 37.1. The first-order valence-corrected chi connectivity index (χ1v) is 13.4. The SMILES string of the molecule is COc1cc(C(=O)N2CCC(c3nc(C(=O)Nc4n[nH]c5cccc(Cl)c45)cs3)CC2)nc2ccccc12. The van der Waals surface area contributed by atoms with E-state index in [-0.39, 0.29) is 17.7 Å². The highest BCUT2D eigenvalue weighted by molar-refractivity contribution is 7.10. The molecule has 0 radical (unpaired) electrons. The number of ether oxygens (including phenoxy) is 1. The number of anilines is 1. The van der Waals surface area contributed by atoms with E-state index in [0.29, 0.717) is 46.5 Å². The zero-order valence-corrected chi connectivity index (χ0v) is 22.0. The summed E-state index contributed by atoms with van der Waals surface area (Å²) in [6.07, 6.45) is 1.51. The summed E-state index contributed by atoms with van der Waals surface area (Å²) in [7, 11) is 1.59. The van der Waals surface area contributed by atoms with Crippen LogP contribution in [0.2, 0.25) is 5.02 Å². The summed E-state index contributed by atoms with van der Waals surface area (Å²) in [5, 5.41) is 14.5. The molecule has 1 aliphatic heterocycles. The zero-order valence-electron chi connectivity index (χ0n) is 20.4. The lowest BCUT2D eigenvalue weighted by Gasteiger charge is -2.31. The predicted molar refractivity (Wildman–Crippen MR) is 147 cm³/mol. The summed E-state index contributed by atoms with van der Waals surface area (Å²) in [5.74, 6) is 0.718. The summed E-state index contributed by atoms with van der Waals surface area (Å²) >= 11 is 7.75. The first kappa shape index (κ1) is 24.3. The van der Waals surface area contributed by atoms with E-state index < -0.39 is 0 Å². The number of benzene rings is 2. The summed E-state index contributed by atoms with van der Waals surface area (Å²) in [5.41, 5.74) is 2.17. The second-order valence-electron chi connectivity index (χ2n) is 9.05. The Bertz CT molecular complexity index is 1670. The number of carbonyl (C=O) groups is 2. The highest BCUT2D eigenvalue weighted by Crippen LogP contribution is 2.33. The molecule has 0 saturated carbocycles. The first-order valence-electron chi connectivity index (χ1n) is 12.1. The van der Waals surface area contributed by atoms with E-state index in [1.54, 1.807) is 24.6 Å². The van der Waals surface area contributed by atoms with Crippen LogP contribution in [0.1, 0.15) is 44.7 Å². The van der Waals surface area contributed by atoms with Gasteiger partial charge in [0.15, 0.2) is 5.82 Å². The summed E-state index contributed by atoms with van der Waals surface area (Å²) in [6, 6.07) is 14.7. The maximum absolute atomic E-state index is 13.2. The fraction of sp³-hybridized carbons (Fsp3) is 0.222. The molecule has 11 heteroatoms. The van der Waals surface area contributed by atoms with Crippen molar-refractivity contribution in [3.63, 3.8) is 0 Å². The molecule has 192 valence electrons. The number of methoxy groups -OCH3 is 1. The Morgan fingerprint density at radius 2 is 1.92 bits per heavy atom. The number of rotatable bonds is 5. The Morgan fingerprint density at radius 1 is 1.11 bits per heavy atom. The van der Waals surface area contributed by atoms with Gasteiger partial charge in [-0.1, -0.05) is 29.8 Å². The van der Waals surface area contributed by atoms with Crippen LogP contribution >= 0.6 is 22.9 Å². The lowest BCUT2D eigenvalue weighted by molar-refractivity contribution is 0.0707. The standard InChI is InChI=1S/C27H23ClN6O3S/c1-37-22-13-20(29-18-7-3-2-5-16(18)22)27(36)34-11-9-15(10-12-34)26-30-21(14-38-26)25(35)31-24-23-17(28)6-4-8-19(23)32-33-24/h2-8,13-15H,9-12H2,1H3,(H2,31,32,33,35). The van der Waals surface area contributed by atoms with Gasteiger partial charge >= 0.3 is 0 Å². The van der Waals surface area contributed by atoms with Crippen LogP contribution in [0.3, 0.4) is 0 Å². The largest absolute Gasteiger partial charge is 0.496 e. The van der Waals surface area contributed by atoms with E-state index in [9.17, 15) is 9.59 Å². The molecule has 2 aromatic carbocycles. The number of halogens is 1. The number of para-hydroxylation sites is 1. The van der Waals surface area contributed by atoms with Crippen molar-refractivity contribution >= 4 is 62.4 Å². The molecule has 0 unspecified atom stereocenters. The Labute approximate surface area is 226 Å². The van der Waals surface area contributed by atoms with E-state index in [2.05, 4.69) is 25.5 Å². The number of carbonyl (C=O) groups excluding carboxylic acids is 2. The van der Waals surface area contributed by atoms with E-state index in [4.69, 9.17) is 16.3 Å². The minimum absolute atomic E-state index is 0.114. The molecule has 2 amide bonds. The fourth-order valence-corrected chi connectivity index (χ4v) is 6.02. The van der Waals surface area contributed by atoms with Crippen LogP contribution in [0.5, 0.6) is 5.75 Å². The highest BCUT2D eigenvalue weighted by Gasteiger charge is 2.28. The van der Waals surface area contributed by atoms with Gasteiger partial charge < -0.3 is 15.0 Å². The quantitative estimate of drug-likeness (QED) is 0.301. The molecule has 1 fully saturated rings. The summed E-state index contributed by atoms with van der Waals surface area (Å²) in [6.45, 7) is 1.17. The number of H-pyrrole nitrogens is 1. The van der Waals surface area contributed by atoms with Crippen LogP contribution in [-0.2, 0) is 0 Å². The third-order valence-corrected chi connectivity index (χ3v) is 8.10. The van der Waals surface area contributed by atoms with Crippen LogP contribution < -0.4 is 10.1 Å². The number of hydrogen-bond acceptors (Lipinski definition) is 7. The Kier molecular flexibility index (Phi) is 6.42. The summed E-state index contributed by atoms with van der Waals surface area (Å²) < 4.78 is 5.50. The molecule has 1 saturated heterocycles. The number of aromatic nitrogens is 4. The van der Waals surface area contributed by atoms with Gasteiger partial charge in [0.1, 0.15) is 17.1 Å². The monoisotopic (exact) mass is 546 g/mol. The van der Waals surface area contributed by atoms with Crippen LogP contribution in [-0.4, -0.2) is 57.1 Å². The van der Waals surface area contributed by atoms with Crippen LogP contribution in [0.4, 0.5) is 5.82 Å². The molecule has 2 N–H and O–H groups in total. The van der Waals surface area contributed by atoms with Crippen molar-refractivity contribution in [2.75, 3.05) is 25.5 Å². The van der Waals surface area contributed by atoms with Crippen molar-refractivity contribution < 1.29 is 14.3 Å². The molecule has 0 spiro atoms. The average molecular weight is 547 g/mol. The molecule has 5 aromatic rings. The third kappa shape index (κ3) is 4.46. The van der Waals surface area contributed by atoms with E-state index in [0.717, 1.165) is 34.3 Å². The number of amides is 2. The van der Waals surface area contributed by atoms with Crippen LogP contribution in [0.15, 0.2) is 53.9 Å². The van der Waals surface area contributed by atoms with Gasteiger partial charge in [0.25, 0.3) is 11.8 Å². The topological polar surface area (TPSA) is 113 Å². The van der Waals surface area contributed by atoms with Crippen molar-refractivity contribution in [3.05, 3.63) is 75.3 Å². The molecule has 4 heterocycles. The second-order valence-corrected chi connectivity index (χ2v) is 10.3. The van der Waals surface area contributed by atoms with Gasteiger partial charge in [-0.3, -0.25) is 14.7 Å². The minimum atomic E-state index is -0.343. The molecule has 0 atom stereocenters. The first-order chi connectivity index (χ1) is 18.5. The number of thiazole rings is 1. The molecule has 9 nitrogen and oxygen atoms in total. The lowest BCUT2D eigenvalue weighted by atomic mass is 9.97. The van der Waals surface area contributed by atoms with Gasteiger partial charge in [-0.15, -0.1) is 11.3 Å². The zero-order chi connectivity index (χ0) is 26.2. The van der Waals surface area contributed by atoms with Crippen molar-refractivity contribution in [1.29, 1.82) is 0 Å². The smallest absolute Gasteiger partial charge is 0.276 e. The van der Waals surface area contributed by atoms with E-state index >= 15 is 0 Å². The van der Waals surface area contributed by atoms with Crippen LogP contribution in [0, 0.1) is 0 Å². The number of nitrogens with zero attached hydrogens (tertiary/aromatic N) is 4. The molecule has 0 bridgehead atoms. The van der Waals surface area contributed by atoms with Gasteiger partial charge in [-0.25, -0.2) is 9.97 Å². The van der Waals surface area contributed by atoms with Crippen molar-refractivity contribution in [2.45, 2.75) is 18.8 Å². The van der Waals surface area contributed by atoms with Crippen molar-refractivity contribution in [3.8, 4) is 5.75 Å². The van der Waals surface area contributed by atoms with Gasteiger partial charge in [-0.05, 0) is 37.1 Å². The molecule has 3 aromatic heterocycles. The Hall–Kier alpha value is -4.02. The number of aromatic amines is 1. The highest BCUT2D eigenvalue weighted by atomic mass is 35.5. The molecule has 6 rings (SSSR count). The van der Waals surface area contributed by atoms with Gasteiger partial charge in [-0.2, -0.15) is 5.10 Å². The second kappa shape index (κ2) is 10.0. The average Bonchev–Trinajstić information content (AvgIpc) is 3.61. The maximum Gasteiger partial charge on any atom is 0.276 e. The lowest BCUT2D eigenvalue weighted by Crippen LogP contribution is -2.38. The predicted octanol–water partition coefficient (Wildman–Crippen LogP) is 5.50. The molecular weight excluding hydrogens is 524 g/mol. The fourth-order valence-electron chi connectivity index (χ4n) is 4.78. The number of hydrogen-bond donors (Lipinski definition) is 2. The Morgan fingerprint density at radius 3 is 2.74 bits per heavy atom. The number of piperidine rings is 1. The third-order valence-electron chi connectivity index (χ3n) is 6.77. The van der Waals surface area contributed by atoms with Crippen LogP contribution in [0.25, 0.3) is 21.8 Å². The van der Waals surface area contributed by atoms with Gasteiger partial charge in [0, 0.05) is 35.8 Å². The van der Waals surface area contributed by atoms with Gasteiger partial charge in [0.2, 0.25) is 0 Å². The maximum atomic E-state index is 13.2. The number of nitrogens with one attached hydrogen (secondary N) is 2. The van der Waals surface area contributed by atoms with Gasteiger partial charge in [0.05, 0.1) is 33.6 Å². The Balaban J connectivity index is 1.12. The van der Waals surface area contributed by atoms with E-state index in [1.807, 2.05) is 41.3 Å².